The van der Waals surface area contributed by atoms with Crippen molar-refractivity contribution in [2.45, 2.75) is 36.2 Å². The van der Waals surface area contributed by atoms with Gasteiger partial charge in [0.15, 0.2) is 5.65 Å². The first-order chi connectivity index (χ1) is 16.9. The van der Waals surface area contributed by atoms with Crippen LogP contribution in [0, 0.1) is 0 Å². The first kappa shape index (κ1) is 22.8. The molecule has 0 radical (unpaired) electrons. The standard InChI is InChI=1S/C26H25N5O3S/c1-17(2)18-12-14-20(15-13-18)35(32,33)26-25-28-24(27-16-19-8-4-7-11-23(19)34-3)21-9-5-6-10-22(21)31(25)30-29-26/h4-15,17H,16H2,1-3H3,(H,27,28). The fraction of sp³-hybridized carbons (Fsp3) is 0.192. The van der Waals surface area contributed by atoms with Crippen LogP contribution < -0.4 is 10.1 Å². The largest absolute Gasteiger partial charge is 0.496 e. The lowest BCUT2D eigenvalue weighted by Gasteiger charge is -2.12. The Balaban J connectivity index is 1.61. The molecule has 5 rings (SSSR count). The van der Waals surface area contributed by atoms with E-state index in [0.29, 0.717) is 23.8 Å². The maximum Gasteiger partial charge on any atom is 0.229 e. The molecule has 3 aromatic carbocycles. The zero-order valence-corrected chi connectivity index (χ0v) is 20.5. The summed E-state index contributed by atoms with van der Waals surface area (Å²) >= 11 is 0. The number of hydrogen-bond donors (Lipinski definition) is 1. The molecule has 35 heavy (non-hydrogen) atoms. The van der Waals surface area contributed by atoms with Gasteiger partial charge in [0.05, 0.1) is 17.5 Å². The fourth-order valence-corrected chi connectivity index (χ4v) is 5.26. The SMILES string of the molecule is COc1ccccc1CNc1nc2c(S(=O)(=O)c3ccc(C(C)C)cc3)nnn2c2ccccc12. The van der Waals surface area contributed by atoms with Crippen molar-refractivity contribution >= 4 is 32.2 Å². The van der Waals surface area contributed by atoms with Crippen molar-refractivity contribution in [3.63, 3.8) is 0 Å². The minimum Gasteiger partial charge on any atom is -0.496 e. The van der Waals surface area contributed by atoms with Crippen LogP contribution in [0.2, 0.25) is 0 Å². The number of para-hydroxylation sites is 2. The second kappa shape index (κ2) is 8.99. The number of fused-ring (bicyclic) bond motifs is 3. The van der Waals surface area contributed by atoms with E-state index in [2.05, 4.69) is 34.5 Å². The van der Waals surface area contributed by atoms with E-state index in [-0.39, 0.29) is 15.6 Å². The lowest BCUT2D eigenvalue weighted by atomic mass is 10.0. The number of benzene rings is 3. The number of sulfone groups is 1. The highest BCUT2D eigenvalue weighted by Gasteiger charge is 2.27. The molecule has 2 aromatic heterocycles. The summed E-state index contributed by atoms with van der Waals surface area (Å²) in [6.45, 7) is 4.56. The molecule has 0 aliphatic carbocycles. The van der Waals surface area contributed by atoms with E-state index < -0.39 is 9.84 Å². The third-order valence-corrected chi connectivity index (χ3v) is 7.64. The first-order valence-corrected chi connectivity index (χ1v) is 12.7. The van der Waals surface area contributed by atoms with Gasteiger partial charge in [-0.3, -0.25) is 0 Å². The number of aromatic nitrogens is 4. The molecule has 0 aliphatic rings. The summed E-state index contributed by atoms with van der Waals surface area (Å²) in [4.78, 5) is 4.83. The van der Waals surface area contributed by atoms with Crippen LogP contribution in [-0.4, -0.2) is 35.3 Å². The number of rotatable bonds is 7. The molecular weight excluding hydrogens is 462 g/mol. The van der Waals surface area contributed by atoms with Gasteiger partial charge >= 0.3 is 0 Å². The zero-order valence-electron chi connectivity index (χ0n) is 19.6. The molecule has 8 nitrogen and oxygen atoms in total. The smallest absolute Gasteiger partial charge is 0.229 e. The number of nitrogens with one attached hydrogen (secondary N) is 1. The summed E-state index contributed by atoms with van der Waals surface area (Å²) < 4.78 is 33.9. The van der Waals surface area contributed by atoms with Crippen LogP contribution in [0.1, 0.15) is 30.9 Å². The van der Waals surface area contributed by atoms with Crippen LogP contribution in [0.3, 0.4) is 0 Å². The lowest BCUT2D eigenvalue weighted by molar-refractivity contribution is 0.410. The molecule has 0 aliphatic heterocycles. The molecule has 0 spiro atoms. The minimum atomic E-state index is -3.93. The van der Waals surface area contributed by atoms with Crippen molar-refractivity contribution < 1.29 is 13.2 Å². The Bertz CT molecular complexity index is 1630. The molecule has 1 N–H and O–H groups in total. The van der Waals surface area contributed by atoms with Gasteiger partial charge in [0.1, 0.15) is 11.6 Å². The molecule has 0 unspecified atom stereocenters. The molecule has 0 atom stereocenters. The minimum absolute atomic E-state index is 0.155. The van der Waals surface area contributed by atoms with Gasteiger partial charge in [0.25, 0.3) is 0 Å². The fourth-order valence-electron chi connectivity index (χ4n) is 4.03. The molecule has 9 heteroatoms. The molecule has 5 aromatic rings. The monoisotopic (exact) mass is 487 g/mol. The van der Waals surface area contributed by atoms with E-state index in [9.17, 15) is 8.42 Å². The maximum absolute atomic E-state index is 13.5. The summed E-state index contributed by atoms with van der Waals surface area (Å²) in [5.41, 5.74) is 2.87. The van der Waals surface area contributed by atoms with Crippen LogP contribution >= 0.6 is 0 Å². The molecule has 0 fully saturated rings. The lowest BCUT2D eigenvalue weighted by Crippen LogP contribution is -2.08. The summed E-state index contributed by atoms with van der Waals surface area (Å²) in [5.74, 6) is 1.59. The van der Waals surface area contributed by atoms with E-state index in [1.165, 1.54) is 4.52 Å². The Morgan fingerprint density at radius 3 is 2.43 bits per heavy atom. The van der Waals surface area contributed by atoms with Gasteiger partial charge in [0, 0.05) is 17.5 Å². The van der Waals surface area contributed by atoms with Crippen LogP contribution in [0.4, 0.5) is 5.82 Å². The molecule has 0 saturated heterocycles. The Labute approximate surface area is 203 Å². The van der Waals surface area contributed by atoms with Crippen LogP contribution in [0.25, 0.3) is 16.6 Å². The topological polar surface area (TPSA) is 98.5 Å². The van der Waals surface area contributed by atoms with E-state index in [4.69, 9.17) is 4.74 Å². The van der Waals surface area contributed by atoms with Crippen LogP contribution in [0.5, 0.6) is 5.75 Å². The second-order valence-corrected chi connectivity index (χ2v) is 10.4. The van der Waals surface area contributed by atoms with E-state index in [1.54, 1.807) is 19.2 Å². The molecule has 178 valence electrons. The average Bonchev–Trinajstić information content (AvgIpc) is 3.32. The maximum atomic E-state index is 13.5. The van der Waals surface area contributed by atoms with Gasteiger partial charge in [-0.1, -0.05) is 61.5 Å². The van der Waals surface area contributed by atoms with Gasteiger partial charge < -0.3 is 10.1 Å². The zero-order chi connectivity index (χ0) is 24.6. The molecule has 2 heterocycles. The van der Waals surface area contributed by atoms with Crippen molar-refractivity contribution in [2.75, 3.05) is 12.4 Å². The summed E-state index contributed by atoms with van der Waals surface area (Å²) in [6.07, 6.45) is 0. The van der Waals surface area contributed by atoms with Crippen LogP contribution in [0.15, 0.2) is 82.7 Å². The van der Waals surface area contributed by atoms with Gasteiger partial charge in [-0.05, 0) is 41.8 Å². The van der Waals surface area contributed by atoms with E-state index in [0.717, 1.165) is 22.3 Å². The third-order valence-electron chi connectivity index (χ3n) is 5.97. The highest BCUT2D eigenvalue weighted by Crippen LogP contribution is 2.29. The molecule has 0 saturated carbocycles. The normalized spacial score (nSPS) is 11.9. The highest BCUT2D eigenvalue weighted by atomic mass is 32.2. The van der Waals surface area contributed by atoms with Gasteiger partial charge in [-0.2, -0.15) is 4.52 Å². The van der Waals surface area contributed by atoms with Gasteiger partial charge in [-0.15, -0.1) is 5.10 Å². The predicted octanol–water partition coefficient (Wildman–Crippen LogP) is 4.85. The number of methoxy groups -OCH3 is 1. The Hall–Kier alpha value is -3.98. The number of anilines is 1. The van der Waals surface area contributed by atoms with E-state index in [1.807, 2.05) is 60.7 Å². The summed E-state index contributed by atoms with van der Waals surface area (Å²) in [5, 5.41) is 12.2. The van der Waals surface area contributed by atoms with Crippen molar-refractivity contribution in [1.29, 1.82) is 0 Å². The third kappa shape index (κ3) is 4.08. The highest BCUT2D eigenvalue weighted by molar-refractivity contribution is 7.91. The van der Waals surface area contributed by atoms with Crippen molar-refractivity contribution in [2.24, 2.45) is 0 Å². The first-order valence-electron chi connectivity index (χ1n) is 11.2. The van der Waals surface area contributed by atoms with Crippen LogP contribution in [-0.2, 0) is 16.4 Å². The predicted molar refractivity (Wildman–Crippen MR) is 135 cm³/mol. The number of nitrogens with zero attached hydrogens (tertiary/aromatic N) is 4. The molecular formula is C26H25N5O3S. The second-order valence-electron chi connectivity index (χ2n) is 8.50. The summed E-state index contributed by atoms with van der Waals surface area (Å²) in [7, 11) is -2.31. The Morgan fingerprint density at radius 1 is 0.971 bits per heavy atom. The van der Waals surface area contributed by atoms with Gasteiger partial charge in [0.2, 0.25) is 14.9 Å². The van der Waals surface area contributed by atoms with Crippen molar-refractivity contribution in [3.05, 3.63) is 83.9 Å². The van der Waals surface area contributed by atoms with E-state index >= 15 is 0 Å². The number of ether oxygens (including phenoxy) is 1. The van der Waals surface area contributed by atoms with Crippen molar-refractivity contribution in [1.82, 2.24) is 19.8 Å². The molecule has 0 bridgehead atoms. The molecule has 0 amide bonds. The average molecular weight is 488 g/mol. The van der Waals surface area contributed by atoms with Gasteiger partial charge in [-0.25, -0.2) is 13.4 Å². The quantitative estimate of drug-likeness (QED) is 0.350. The Kier molecular flexibility index (Phi) is 5.86. The summed E-state index contributed by atoms with van der Waals surface area (Å²) in [6, 6.07) is 22.1. The Morgan fingerprint density at radius 2 is 1.69 bits per heavy atom. The number of hydrogen-bond acceptors (Lipinski definition) is 7. The van der Waals surface area contributed by atoms with Crippen molar-refractivity contribution in [3.8, 4) is 5.75 Å².